The van der Waals surface area contributed by atoms with Gasteiger partial charge in [0.2, 0.25) is 5.78 Å². The van der Waals surface area contributed by atoms with Crippen molar-refractivity contribution in [2.75, 3.05) is 13.1 Å². The average molecular weight is 417 g/mol. The van der Waals surface area contributed by atoms with Crippen LogP contribution >= 0.6 is 0 Å². The maximum absolute atomic E-state index is 13.1. The van der Waals surface area contributed by atoms with Gasteiger partial charge in [0.05, 0.1) is 11.1 Å². The highest BCUT2D eigenvalue weighted by Crippen LogP contribution is 2.41. The van der Waals surface area contributed by atoms with Gasteiger partial charge in [-0.1, -0.05) is 25.1 Å². The van der Waals surface area contributed by atoms with Crippen LogP contribution < -0.4 is 4.74 Å². The Bertz CT molecular complexity index is 1190. The predicted octanol–water partition coefficient (Wildman–Crippen LogP) is 5.21. The Morgan fingerprint density at radius 1 is 1.23 bits per heavy atom. The molecule has 1 atom stereocenters. The molecule has 1 aromatic heterocycles. The molecule has 0 aliphatic carbocycles. The Hall–Kier alpha value is -3.05. The van der Waals surface area contributed by atoms with E-state index in [1.807, 2.05) is 18.2 Å². The normalized spacial score (nSPS) is 20.4. The topological polar surface area (TPSA) is 54.7 Å². The number of nitrogens with zero attached hydrogens (tertiary/aromatic N) is 2. The molecule has 160 valence electrons. The molecule has 5 heteroatoms. The molecule has 2 aliphatic rings. The second-order valence-electron chi connectivity index (χ2n) is 8.75. The van der Waals surface area contributed by atoms with Gasteiger partial charge in [-0.05, 0) is 56.5 Å². The molecule has 1 N–H and O–H groups in total. The van der Waals surface area contributed by atoms with Gasteiger partial charge in [-0.2, -0.15) is 0 Å². The van der Waals surface area contributed by atoms with Crippen molar-refractivity contribution in [1.82, 2.24) is 9.47 Å². The molecule has 2 aliphatic heterocycles. The van der Waals surface area contributed by atoms with Gasteiger partial charge in [0.1, 0.15) is 11.5 Å². The third kappa shape index (κ3) is 3.53. The van der Waals surface area contributed by atoms with Crippen molar-refractivity contribution in [3.63, 3.8) is 0 Å². The quantitative estimate of drug-likeness (QED) is 0.593. The molecule has 0 amide bonds. The lowest BCUT2D eigenvalue weighted by atomic mass is 9.99. The fourth-order valence-corrected chi connectivity index (χ4v) is 4.90. The van der Waals surface area contributed by atoms with E-state index in [-0.39, 0.29) is 11.5 Å². The molecular weight excluding hydrogens is 388 g/mol. The summed E-state index contributed by atoms with van der Waals surface area (Å²) >= 11 is 0. The van der Waals surface area contributed by atoms with Gasteiger partial charge in [0, 0.05) is 42.3 Å². The number of Topliss-reactive ketones (excluding diaryl/α,β-unsaturated/α-hetero) is 1. The average Bonchev–Trinajstić information content (AvgIpc) is 3.28. The first-order chi connectivity index (χ1) is 15.0. The van der Waals surface area contributed by atoms with Crippen LogP contribution in [0.3, 0.4) is 0 Å². The van der Waals surface area contributed by atoms with E-state index in [1.165, 1.54) is 6.42 Å². The number of fused-ring (bicyclic) bond motifs is 2. The predicted molar refractivity (Wildman–Crippen MR) is 122 cm³/mol. The largest absolute Gasteiger partial charge is 0.507 e. The van der Waals surface area contributed by atoms with Gasteiger partial charge in [-0.15, -0.1) is 0 Å². The summed E-state index contributed by atoms with van der Waals surface area (Å²) in [7, 11) is 0. The number of carbonyl (C=O) groups is 1. The summed E-state index contributed by atoms with van der Waals surface area (Å²) in [5, 5.41) is 11.7. The summed E-state index contributed by atoms with van der Waals surface area (Å²) in [5.74, 6) is 1.52. The summed E-state index contributed by atoms with van der Waals surface area (Å²) in [4.78, 5) is 15.5. The van der Waals surface area contributed by atoms with Crippen LogP contribution in [0.5, 0.6) is 11.5 Å². The first-order valence-corrected chi connectivity index (χ1v) is 11.1. The first kappa shape index (κ1) is 19.9. The third-order valence-electron chi connectivity index (χ3n) is 6.49. The van der Waals surface area contributed by atoms with Crippen LogP contribution in [0.4, 0.5) is 0 Å². The van der Waals surface area contributed by atoms with E-state index in [2.05, 4.69) is 41.6 Å². The number of phenolic OH excluding ortho intramolecular Hbond substituents is 1. The molecule has 0 bridgehead atoms. The van der Waals surface area contributed by atoms with Crippen molar-refractivity contribution in [3.8, 4) is 11.5 Å². The lowest BCUT2D eigenvalue weighted by molar-refractivity contribution is 0.101. The van der Waals surface area contributed by atoms with Crippen LogP contribution in [0.2, 0.25) is 0 Å². The smallest absolute Gasteiger partial charge is 0.231 e. The summed E-state index contributed by atoms with van der Waals surface area (Å²) in [6.07, 6.45) is 6.29. The fourth-order valence-electron chi connectivity index (χ4n) is 4.90. The number of piperidine rings is 1. The number of aromatic hydroxyl groups is 1. The van der Waals surface area contributed by atoms with Crippen LogP contribution in [0.15, 0.2) is 48.4 Å². The van der Waals surface area contributed by atoms with Gasteiger partial charge in [-0.25, -0.2) is 0 Å². The molecule has 31 heavy (non-hydrogen) atoms. The summed E-state index contributed by atoms with van der Waals surface area (Å²) in [6.45, 7) is 7.80. The molecule has 0 radical (unpaired) electrons. The number of para-hydroxylation sites is 1. The van der Waals surface area contributed by atoms with Crippen LogP contribution in [-0.4, -0.2) is 33.4 Å². The zero-order valence-corrected chi connectivity index (χ0v) is 18.1. The highest BCUT2D eigenvalue weighted by Gasteiger charge is 2.32. The SMILES string of the molecule is CCn1cc(/C=C2\Oc3c(ccc(O)c3CN3CCC[C@@H](C)C3)C2=O)c2ccccc21. The minimum absolute atomic E-state index is 0.128. The van der Waals surface area contributed by atoms with Crippen LogP contribution in [-0.2, 0) is 13.1 Å². The third-order valence-corrected chi connectivity index (χ3v) is 6.49. The Labute approximate surface area is 182 Å². The Morgan fingerprint density at radius 3 is 2.87 bits per heavy atom. The number of ether oxygens (including phenoxy) is 1. The number of hydrogen-bond acceptors (Lipinski definition) is 4. The highest BCUT2D eigenvalue weighted by molar-refractivity contribution is 6.15. The standard InChI is InChI=1S/C26H28N2O3/c1-3-28-15-18(19-8-4-5-9-22(19)28)13-24-25(30)20-10-11-23(29)21(26(20)31-24)16-27-12-6-7-17(2)14-27/h4-5,8-11,13,15,17,29H,3,6-7,12,14,16H2,1-2H3/b24-13-/t17-/m1/s1. The lowest BCUT2D eigenvalue weighted by Gasteiger charge is -2.31. The number of carbonyl (C=O) groups excluding carboxylic acids is 1. The molecule has 2 aromatic carbocycles. The van der Waals surface area contributed by atoms with Crippen molar-refractivity contribution < 1.29 is 14.6 Å². The molecule has 0 saturated carbocycles. The Kier molecular flexibility index (Phi) is 5.06. The van der Waals surface area contributed by atoms with E-state index in [0.717, 1.165) is 42.5 Å². The summed E-state index contributed by atoms with van der Waals surface area (Å²) in [5.41, 5.74) is 3.34. The van der Waals surface area contributed by atoms with Crippen molar-refractivity contribution >= 4 is 22.8 Å². The van der Waals surface area contributed by atoms with Crippen LogP contribution in [0.25, 0.3) is 17.0 Å². The number of hydrogen-bond donors (Lipinski definition) is 1. The van der Waals surface area contributed by atoms with Crippen LogP contribution in [0.1, 0.15) is 48.2 Å². The zero-order chi connectivity index (χ0) is 21.5. The van der Waals surface area contributed by atoms with E-state index in [4.69, 9.17) is 4.74 Å². The van der Waals surface area contributed by atoms with E-state index < -0.39 is 0 Å². The van der Waals surface area contributed by atoms with Gasteiger partial charge >= 0.3 is 0 Å². The van der Waals surface area contributed by atoms with Gasteiger partial charge in [0.15, 0.2) is 5.76 Å². The number of aryl methyl sites for hydroxylation is 1. The van der Waals surface area contributed by atoms with Gasteiger partial charge < -0.3 is 14.4 Å². The Balaban J connectivity index is 1.50. The van der Waals surface area contributed by atoms with Crippen molar-refractivity contribution in [2.24, 2.45) is 5.92 Å². The molecule has 5 rings (SSSR count). The molecule has 0 spiro atoms. The first-order valence-electron chi connectivity index (χ1n) is 11.1. The highest BCUT2D eigenvalue weighted by atomic mass is 16.5. The maximum Gasteiger partial charge on any atom is 0.231 e. The molecule has 5 nitrogen and oxygen atoms in total. The Morgan fingerprint density at radius 2 is 2.06 bits per heavy atom. The number of aromatic nitrogens is 1. The second kappa shape index (κ2) is 7.89. The molecule has 0 unspecified atom stereocenters. The molecular formula is C26H28N2O3. The molecule has 3 aromatic rings. The minimum atomic E-state index is -0.128. The van der Waals surface area contributed by atoms with Crippen molar-refractivity contribution in [3.05, 3.63) is 65.0 Å². The number of likely N-dealkylation sites (tertiary alicyclic amines) is 1. The van der Waals surface area contributed by atoms with E-state index >= 15 is 0 Å². The van der Waals surface area contributed by atoms with E-state index in [9.17, 15) is 9.90 Å². The monoisotopic (exact) mass is 416 g/mol. The second-order valence-corrected chi connectivity index (χ2v) is 8.75. The molecule has 1 fully saturated rings. The summed E-state index contributed by atoms with van der Waals surface area (Å²) < 4.78 is 8.28. The van der Waals surface area contributed by atoms with E-state index in [1.54, 1.807) is 12.1 Å². The minimum Gasteiger partial charge on any atom is -0.507 e. The molecule has 1 saturated heterocycles. The molecule has 3 heterocycles. The van der Waals surface area contributed by atoms with Crippen molar-refractivity contribution in [2.45, 2.75) is 39.8 Å². The maximum atomic E-state index is 13.1. The number of allylic oxidation sites excluding steroid dienone is 1. The van der Waals surface area contributed by atoms with E-state index in [0.29, 0.717) is 35.1 Å². The number of benzene rings is 2. The summed E-state index contributed by atoms with van der Waals surface area (Å²) in [6, 6.07) is 11.5. The fraction of sp³-hybridized carbons (Fsp3) is 0.346. The number of ketones is 1. The van der Waals surface area contributed by atoms with Gasteiger partial charge in [0.25, 0.3) is 0 Å². The number of rotatable bonds is 4. The van der Waals surface area contributed by atoms with Gasteiger partial charge in [-0.3, -0.25) is 9.69 Å². The van der Waals surface area contributed by atoms with Crippen molar-refractivity contribution in [1.29, 1.82) is 0 Å². The lowest BCUT2D eigenvalue weighted by Crippen LogP contribution is -2.33. The number of phenols is 1. The van der Waals surface area contributed by atoms with Crippen LogP contribution in [0, 0.1) is 5.92 Å². The zero-order valence-electron chi connectivity index (χ0n) is 18.1.